The highest BCUT2D eigenvalue weighted by Crippen LogP contribution is 2.15. The van der Waals surface area contributed by atoms with Crippen LogP contribution in [-0.4, -0.2) is 10.5 Å². The Morgan fingerprint density at radius 1 is 1.22 bits per heavy atom. The van der Waals surface area contributed by atoms with E-state index < -0.39 is 0 Å². The molecule has 0 saturated heterocycles. The third kappa shape index (κ3) is 3.30. The first-order chi connectivity index (χ1) is 8.65. The number of nitrogens with one attached hydrogen (secondary N) is 1. The number of hydrogen-bond acceptors (Lipinski definition) is 2. The van der Waals surface area contributed by atoms with Gasteiger partial charge in [0.1, 0.15) is 6.54 Å². The number of amides is 1. The van der Waals surface area contributed by atoms with Crippen LogP contribution < -0.4 is 10.9 Å². The number of carbonyl (C=O) groups is 1. The molecule has 1 N–H and O–H groups in total. The van der Waals surface area contributed by atoms with Crippen molar-refractivity contribution in [1.29, 1.82) is 0 Å². The van der Waals surface area contributed by atoms with Crippen molar-refractivity contribution < 1.29 is 4.79 Å². The SMILES string of the molecule is O=C(Cn1ccccc1=O)Nc1cccc(Br)c1. The molecule has 1 heterocycles. The molecule has 0 unspecified atom stereocenters. The van der Waals surface area contributed by atoms with Crippen LogP contribution in [0.1, 0.15) is 0 Å². The van der Waals surface area contributed by atoms with Gasteiger partial charge in [0.05, 0.1) is 0 Å². The van der Waals surface area contributed by atoms with Crippen molar-refractivity contribution >= 4 is 27.5 Å². The topological polar surface area (TPSA) is 51.1 Å². The van der Waals surface area contributed by atoms with E-state index in [-0.39, 0.29) is 18.0 Å². The van der Waals surface area contributed by atoms with E-state index in [9.17, 15) is 9.59 Å². The number of pyridine rings is 1. The van der Waals surface area contributed by atoms with Gasteiger partial charge in [-0.05, 0) is 24.3 Å². The van der Waals surface area contributed by atoms with Gasteiger partial charge >= 0.3 is 0 Å². The first kappa shape index (κ1) is 12.6. The highest BCUT2D eigenvalue weighted by Gasteiger charge is 2.04. The number of hydrogen-bond donors (Lipinski definition) is 1. The number of halogens is 1. The van der Waals surface area contributed by atoms with Gasteiger partial charge < -0.3 is 9.88 Å². The van der Waals surface area contributed by atoms with Crippen molar-refractivity contribution in [3.05, 3.63) is 63.5 Å². The fourth-order valence-corrected chi connectivity index (χ4v) is 1.91. The lowest BCUT2D eigenvalue weighted by Gasteiger charge is -2.07. The molecule has 5 heteroatoms. The molecule has 92 valence electrons. The monoisotopic (exact) mass is 306 g/mol. The lowest BCUT2D eigenvalue weighted by atomic mass is 10.3. The Morgan fingerprint density at radius 3 is 2.78 bits per heavy atom. The largest absolute Gasteiger partial charge is 0.324 e. The first-order valence-corrected chi connectivity index (χ1v) is 6.15. The van der Waals surface area contributed by atoms with E-state index >= 15 is 0 Å². The molecule has 2 aromatic rings. The second kappa shape index (κ2) is 5.64. The lowest BCUT2D eigenvalue weighted by molar-refractivity contribution is -0.116. The maximum atomic E-state index is 11.8. The van der Waals surface area contributed by atoms with Crippen molar-refractivity contribution in [3.8, 4) is 0 Å². The molecule has 0 aliphatic rings. The van der Waals surface area contributed by atoms with Gasteiger partial charge in [-0.1, -0.05) is 28.1 Å². The van der Waals surface area contributed by atoms with Gasteiger partial charge in [0, 0.05) is 22.4 Å². The van der Waals surface area contributed by atoms with Gasteiger partial charge in [0.15, 0.2) is 0 Å². The van der Waals surface area contributed by atoms with Crippen LogP contribution >= 0.6 is 15.9 Å². The van der Waals surface area contributed by atoms with Crippen molar-refractivity contribution in [3.63, 3.8) is 0 Å². The Labute approximate surface area is 112 Å². The highest BCUT2D eigenvalue weighted by molar-refractivity contribution is 9.10. The maximum absolute atomic E-state index is 11.8. The number of nitrogens with zero attached hydrogens (tertiary/aromatic N) is 1. The zero-order chi connectivity index (χ0) is 13.0. The summed E-state index contributed by atoms with van der Waals surface area (Å²) in [6.07, 6.45) is 1.59. The predicted octanol–water partition coefficient (Wildman–Crippen LogP) is 2.25. The maximum Gasteiger partial charge on any atom is 0.250 e. The number of benzene rings is 1. The Hall–Kier alpha value is -1.88. The van der Waals surface area contributed by atoms with E-state index in [0.29, 0.717) is 5.69 Å². The average Bonchev–Trinajstić information content (AvgIpc) is 2.32. The molecule has 0 radical (unpaired) electrons. The fraction of sp³-hybridized carbons (Fsp3) is 0.0769. The molecule has 0 fully saturated rings. The van der Waals surface area contributed by atoms with Crippen molar-refractivity contribution in [2.75, 3.05) is 5.32 Å². The molecule has 0 atom stereocenters. The summed E-state index contributed by atoms with van der Waals surface area (Å²) in [5.41, 5.74) is 0.500. The van der Waals surface area contributed by atoms with Gasteiger partial charge in [-0.2, -0.15) is 0 Å². The molecule has 18 heavy (non-hydrogen) atoms. The van der Waals surface area contributed by atoms with Crippen LogP contribution in [0, 0.1) is 0 Å². The van der Waals surface area contributed by atoms with Crippen LogP contribution in [0.2, 0.25) is 0 Å². The predicted molar refractivity (Wildman–Crippen MR) is 73.5 cm³/mol. The Bertz CT molecular complexity index is 622. The third-order valence-corrected chi connectivity index (χ3v) is 2.81. The van der Waals surface area contributed by atoms with Crippen LogP contribution in [0.25, 0.3) is 0 Å². The minimum Gasteiger partial charge on any atom is -0.324 e. The van der Waals surface area contributed by atoms with Gasteiger partial charge in [0.2, 0.25) is 5.91 Å². The second-order valence-corrected chi connectivity index (χ2v) is 4.64. The molecular weight excluding hydrogens is 296 g/mol. The normalized spacial score (nSPS) is 10.1. The summed E-state index contributed by atoms with van der Waals surface area (Å²) in [6, 6.07) is 12.1. The molecule has 0 saturated carbocycles. The summed E-state index contributed by atoms with van der Waals surface area (Å²) in [6.45, 7) is 0.00614. The molecule has 0 aliphatic heterocycles. The Morgan fingerprint density at radius 2 is 2.06 bits per heavy atom. The van der Waals surface area contributed by atoms with Crippen LogP contribution in [0.3, 0.4) is 0 Å². The minimum atomic E-state index is -0.235. The summed E-state index contributed by atoms with van der Waals surface area (Å²) in [4.78, 5) is 23.2. The first-order valence-electron chi connectivity index (χ1n) is 5.36. The second-order valence-electron chi connectivity index (χ2n) is 3.73. The molecule has 1 aromatic heterocycles. The van der Waals surface area contributed by atoms with Crippen LogP contribution in [-0.2, 0) is 11.3 Å². The summed E-state index contributed by atoms with van der Waals surface area (Å²) < 4.78 is 2.24. The summed E-state index contributed by atoms with van der Waals surface area (Å²) in [5, 5.41) is 2.73. The Kier molecular flexibility index (Phi) is 3.94. The van der Waals surface area contributed by atoms with Crippen LogP contribution in [0.15, 0.2) is 57.9 Å². The number of rotatable bonds is 3. The Balaban J connectivity index is 2.06. The molecule has 0 aliphatic carbocycles. The highest BCUT2D eigenvalue weighted by atomic mass is 79.9. The number of aromatic nitrogens is 1. The number of carbonyl (C=O) groups excluding carboxylic acids is 1. The van der Waals surface area contributed by atoms with Crippen molar-refractivity contribution in [1.82, 2.24) is 4.57 Å². The van der Waals surface area contributed by atoms with Crippen LogP contribution in [0.4, 0.5) is 5.69 Å². The van der Waals surface area contributed by atoms with E-state index in [0.717, 1.165) is 4.47 Å². The lowest BCUT2D eigenvalue weighted by Crippen LogP contribution is -2.26. The van der Waals surface area contributed by atoms with E-state index in [2.05, 4.69) is 21.2 Å². The van der Waals surface area contributed by atoms with Gasteiger partial charge in [-0.25, -0.2) is 0 Å². The standard InChI is InChI=1S/C13H11BrN2O2/c14-10-4-3-5-11(8-10)15-12(17)9-16-7-2-1-6-13(16)18/h1-8H,9H2,(H,15,17). The summed E-state index contributed by atoms with van der Waals surface area (Å²) in [7, 11) is 0. The minimum absolute atomic E-state index is 0.00614. The molecule has 0 bridgehead atoms. The van der Waals surface area contributed by atoms with Crippen molar-refractivity contribution in [2.45, 2.75) is 6.54 Å². The molecule has 1 aromatic carbocycles. The zero-order valence-electron chi connectivity index (χ0n) is 9.47. The molecule has 1 amide bonds. The zero-order valence-corrected chi connectivity index (χ0v) is 11.1. The molecule has 2 rings (SSSR count). The van der Waals surface area contributed by atoms with Gasteiger partial charge in [0.25, 0.3) is 5.56 Å². The van der Waals surface area contributed by atoms with Crippen LogP contribution in [0.5, 0.6) is 0 Å². The average molecular weight is 307 g/mol. The summed E-state index contributed by atoms with van der Waals surface area (Å²) in [5.74, 6) is -0.235. The van der Waals surface area contributed by atoms with E-state index in [1.165, 1.54) is 10.6 Å². The van der Waals surface area contributed by atoms with E-state index in [1.807, 2.05) is 12.1 Å². The van der Waals surface area contributed by atoms with Gasteiger partial charge in [-0.3, -0.25) is 9.59 Å². The van der Waals surface area contributed by atoms with E-state index in [1.54, 1.807) is 30.5 Å². The summed E-state index contributed by atoms with van der Waals surface area (Å²) >= 11 is 3.32. The van der Waals surface area contributed by atoms with E-state index in [4.69, 9.17) is 0 Å². The molecule has 0 spiro atoms. The van der Waals surface area contributed by atoms with Gasteiger partial charge in [-0.15, -0.1) is 0 Å². The smallest absolute Gasteiger partial charge is 0.250 e. The van der Waals surface area contributed by atoms with Crippen molar-refractivity contribution in [2.24, 2.45) is 0 Å². The molecule has 4 nitrogen and oxygen atoms in total. The number of anilines is 1. The molecular formula is C13H11BrN2O2. The third-order valence-electron chi connectivity index (χ3n) is 2.32. The quantitative estimate of drug-likeness (QED) is 0.945. The fourth-order valence-electron chi connectivity index (χ4n) is 1.51.